The number of carboxylic acid groups (broad SMARTS) is 2. The van der Waals surface area contributed by atoms with Gasteiger partial charge in [0.25, 0.3) is 0 Å². The van der Waals surface area contributed by atoms with E-state index in [0.717, 1.165) is 25.7 Å². The predicted octanol–water partition coefficient (Wildman–Crippen LogP) is 1.32. The molecular weight excluding hydrogens is 332 g/mol. The standard InChI is InChI=1S/C16H24N2O7/c19-13(3-1-5-15(21)22)17(11-7-8-11)25-18(12-9-10-12)14(20)4-2-6-16(23)24/h11-12H,1-10H2,(H,21,22)(H,23,24). The number of nitrogens with zero attached hydrogens (tertiary/aromatic N) is 2. The number of hydrogen-bond donors (Lipinski definition) is 2. The van der Waals surface area contributed by atoms with Crippen LogP contribution in [-0.4, -0.2) is 56.2 Å². The third-order valence-corrected chi connectivity index (χ3v) is 3.99. The summed E-state index contributed by atoms with van der Waals surface area (Å²) in [7, 11) is 0. The summed E-state index contributed by atoms with van der Waals surface area (Å²) in [6.07, 6.45) is 3.51. The first-order valence-electron chi connectivity index (χ1n) is 8.64. The molecular formula is C16H24N2O7. The summed E-state index contributed by atoms with van der Waals surface area (Å²) in [4.78, 5) is 51.3. The Morgan fingerprint density at radius 2 is 1.08 bits per heavy atom. The topological polar surface area (TPSA) is 124 Å². The second kappa shape index (κ2) is 8.80. The van der Waals surface area contributed by atoms with Gasteiger partial charge in [-0.25, -0.2) is 0 Å². The molecule has 0 radical (unpaired) electrons. The van der Waals surface area contributed by atoms with Gasteiger partial charge in [0.1, 0.15) is 0 Å². The van der Waals surface area contributed by atoms with Gasteiger partial charge in [-0.2, -0.15) is 10.1 Å². The highest BCUT2D eigenvalue weighted by atomic mass is 16.8. The van der Waals surface area contributed by atoms with E-state index < -0.39 is 11.9 Å². The van der Waals surface area contributed by atoms with E-state index in [0.29, 0.717) is 0 Å². The zero-order valence-corrected chi connectivity index (χ0v) is 14.1. The minimum Gasteiger partial charge on any atom is -0.481 e. The fraction of sp³-hybridized carbons (Fsp3) is 0.750. The van der Waals surface area contributed by atoms with Crippen LogP contribution >= 0.6 is 0 Å². The van der Waals surface area contributed by atoms with E-state index in [-0.39, 0.29) is 62.4 Å². The summed E-state index contributed by atoms with van der Waals surface area (Å²) < 4.78 is 0. The summed E-state index contributed by atoms with van der Waals surface area (Å²) in [6, 6.07) is -0.157. The van der Waals surface area contributed by atoms with Gasteiger partial charge >= 0.3 is 11.9 Å². The molecule has 2 N–H and O–H groups in total. The molecule has 2 aliphatic carbocycles. The molecule has 0 spiro atoms. The van der Waals surface area contributed by atoms with Crippen molar-refractivity contribution in [3.63, 3.8) is 0 Å². The first-order valence-corrected chi connectivity index (χ1v) is 8.64. The Bertz CT molecular complexity index is 483. The van der Waals surface area contributed by atoms with Crippen LogP contribution in [0, 0.1) is 0 Å². The largest absolute Gasteiger partial charge is 0.481 e. The molecule has 2 amide bonds. The Morgan fingerprint density at radius 3 is 1.36 bits per heavy atom. The lowest BCUT2D eigenvalue weighted by Gasteiger charge is -2.29. The highest BCUT2D eigenvalue weighted by Gasteiger charge is 2.40. The Kier molecular flexibility index (Phi) is 6.74. The van der Waals surface area contributed by atoms with Crippen LogP contribution in [0.5, 0.6) is 0 Å². The SMILES string of the molecule is O=C(O)CCCC(=O)N(ON(C(=O)CCCC(=O)O)C1CC1)C1CC1. The molecule has 2 aliphatic rings. The van der Waals surface area contributed by atoms with Crippen molar-refractivity contribution < 1.29 is 34.3 Å². The van der Waals surface area contributed by atoms with Crippen molar-refractivity contribution in [2.24, 2.45) is 0 Å². The number of carboxylic acids is 2. The summed E-state index contributed by atoms with van der Waals surface area (Å²) in [5.74, 6) is -2.57. The van der Waals surface area contributed by atoms with Crippen LogP contribution in [0.3, 0.4) is 0 Å². The van der Waals surface area contributed by atoms with Crippen molar-refractivity contribution in [3.8, 4) is 0 Å². The van der Waals surface area contributed by atoms with Crippen LogP contribution in [0.15, 0.2) is 0 Å². The molecule has 9 heteroatoms. The monoisotopic (exact) mass is 356 g/mol. The molecule has 0 aromatic rings. The zero-order valence-electron chi connectivity index (χ0n) is 14.1. The molecule has 0 heterocycles. The van der Waals surface area contributed by atoms with Crippen molar-refractivity contribution in [2.75, 3.05) is 0 Å². The van der Waals surface area contributed by atoms with Crippen LogP contribution < -0.4 is 0 Å². The number of carbonyl (C=O) groups is 4. The van der Waals surface area contributed by atoms with Gasteiger partial charge in [-0.3, -0.25) is 19.2 Å². The molecule has 25 heavy (non-hydrogen) atoms. The first kappa shape index (κ1) is 19.2. The normalized spacial score (nSPS) is 16.3. The fourth-order valence-electron chi connectivity index (χ4n) is 2.35. The molecule has 9 nitrogen and oxygen atoms in total. The summed E-state index contributed by atoms with van der Waals surface area (Å²) >= 11 is 0. The van der Waals surface area contributed by atoms with Gasteiger partial charge in [0.2, 0.25) is 11.8 Å². The minimum atomic E-state index is -0.958. The fourth-order valence-corrected chi connectivity index (χ4v) is 2.35. The van der Waals surface area contributed by atoms with Crippen molar-refractivity contribution in [2.45, 2.75) is 76.3 Å². The summed E-state index contributed by atoms with van der Waals surface area (Å²) in [5, 5.41) is 19.7. The summed E-state index contributed by atoms with van der Waals surface area (Å²) in [5.41, 5.74) is 0. The van der Waals surface area contributed by atoms with E-state index in [2.05, 4.69) is 0 Å². The molecule has 0 aliphatic heterocycles. The number of amides is 2. The van der Waals surface area contributed by atoms with E-state index in [1.54, 1.807) is 0 Å². The van der Waals surface area contributed by atoms with Gasteiger partial charge in [0, 0.05) is 25.7 Å². The second-order valence-corrected chi connectivity index (χ2v) is 6.48. The highest BCUT2D eigenvalue weighted by molar-refractivity contribution is 5.78. The zero-order chi connectivity index (χ0) is 18.4. The quantitative estimate of drug-likeness (QED) is 0.505. The van der Waals surface area contributed by atoms with Gasteiger partial charge in [-0.05, 0) is 38.5 Å². The molecule has 0 atom stereocenters. The van der Waals surface area contributed by atoms with Crippen LogP contribution in [-0.2, 0) is 24.1 Å². The van der Waals surface area contributed by atoms with E-state index in [9.17, 15) is 19.2 Å². The van der Waals surface area contributed by atoms with Gasteiger partial charge in [-0.15, -0.1) is 4.94 Å². The van der Waals surface area contributed by atoms with Crippen LogP contribution in [0.4, 0.5) is 0 Å². The molecule has 140 valence electrons. The van der Waals surface area contributed by atoms with Crippen molar-refractivity contribution in [1.82, 2.24) is 10.1 Å². The Balaban J connectivity index is 1.88. The maximum absolute atomic E-state index is 12.3. The number of hydrogen-bond acceptors (Lipinski definition) is 5. The third-order valence-electron chi connectivity index (χ3n) is 3.99. The van der Waals surface area contributed by atoms with E-state index in [4.69, 9.17) is 15.2 Å². The molecule has 0 aromatic heterocycles. The Morgan fingerprint density at radius 1 is 0.720 bits per heavy atom. The first-order chi connectivity index (χ1) is 11.9. The van der Waals surface area contributed by atoms with Crippen LogP contribution in [0.25, 0.3) is 0 Å². The average molecular weight is 356 g/mol. The lowest BCUT2D eigenvalue weighted by atomic mass is 10.2. The Hall–Kier alpha value is -2.16. The van der Waals surface area contributed by atoms with Crippen molar-refractivity contribution in [3.05, 3.63) is 0 Å². The lowest BCUT2D eigenvalue weighted by molar-refractivity contribution is -0.304. The number of carbonyl (C=O) groups excluding carboxylic acids is 2. The van der Waals surface area contributed by atoms with Gasteiger partial charge in [0.05, 0.1) is 12.1 Å². The van der Waals surface area contributed by atoms with E-state index >= 15 is 0 Å². The van der Waals surface area contributed by atoms with E-state index in [1.807, 2.05) is 0 Å². The minimum absolute atomic E-state index is 0.0501. The molecule has 2 fully saturated rings. The van der Waals surface area contributed by atoms with Gasteiger partial charge in [0.15, 0.2) is 0 Å². The van der Waals surface area contributed by atoms with Gasteiger partial charge in [-0.1, -0.05) is 0 Å². The molecule has 0 aromatic carbocycles. The average Bonchev–Trinajstić information content (AvgIpc) is 3.40. The smallest absolute Gasteiger partial charge is 0.303 e. The maximum atomic E-state index is 12.3. The summed E-state index contributed by atoms with van der Waals surface area (Å²) in [6.45, 7) is 0. The van der Waals surface area contributed by atoms with E-state index in [1.165, 1.54) is 10.1 Å². The molecule has 2 saturated carbocycles. The third kappa shape index (κ3) is 6.69. The van der Waals surface area contributed by atoms with Crippen molar-refractivity contribution >= 4 is 23.8 Å². The Labute approximate surface area is 145 Å². The maximum Gasteiger partial charge on any atom is 0.303 e. The van der Waals surface area contributed by atoms with Crippen LogP contribution in [0.1, 0.15) is 64.2 Å². The predicted molar refractivity (Wildman–Crippen MR) is 83.8 cm³/mol. The second-order valence-electron chi connectivity index (χ2n) is 6.48. The van der Waals surface area contributed by atoms with Gasteiger partial charge < -0.3 is 10.2 Å². The number of hydroxylamine groups is 4. The molecule has 0 unspecified atom stereocenters. The lowest BCUT2D eigenvalue weighted by Crippen LogP contribution is -2.44. The van der Waals surface area contributed by atoms with Crippen molar-refractivity contribution in [1.29, 1.82) is 0 Å². The molecule has 2 rings (SSSR count). The van der Waals surface area contributed by atoms with Crippen LogP contribution in [0.2, 0.25) is 0 Å². The number of rotatable bonds is 12. The molecule has 0 saturated heterocycles. The molecule has 0 bridgehead atoms. The number of aliphatic carboxylic acids is 2. The highest BCUT2D eigenvalue weighted by Crippen LogP contribution is 2.33.